The zero-order valence-corrected chi connectivity index (χ0v) is 12.8. The Morgan fingerprint density at radius 1 is 1.48 bits per heavy atom. The molecule has 6 heteroatoms. The van der Waals surface area contributed by atoms with Crippen LogP contribution in [0.3, 0.4) is 0 Å². The molecule has 1 amide bonds. The van der Waals surface area contributed by atoms with Gasteiger partial charge in [0.15, 0.2) is 0 Å². The largest absolute Gasteiger partial charge is 0.450 e. The van der Waals surface area contributed by atoms with Crippen molar-refractivity contribution in [3.63, 3.8) is 0 Å². The normalized spacial score (nSPS) is 28.6. The standard InChI is InChI=1S/C15H24N4O2/c1-3-21-15(20)18-11-6-12-4-5-13(7-11)19(12)8-14-10(2)16-9-17-14/h9,11-13H,3-8H2,1-2H3,(H,16,17)(H,18,20)/t11?,12-,13+. The first kappa shape index (κ1) is 14.4. The molecule has 2 bridgehead atoms. The first-order valence-corrected chi connectivity index (χ1v) is 7.85. The molecular weight excluding hydrogens is 268 g/mol. The van der Waals surface area contributed by atoms with Crippen LogP contribution in [0.5, 0.6) is 0 Å². The molecule has 2 fully saturated rings. The van der Waals surface area contributed by atoms with Crippen molar-refractivity contribution in [2.75, 3.05) is 6.61 Å². The molecule has 1 aromatic rings. The summed E-state index contributed by atoms with van der Waals surface area (Å²) in [6, 6.07) is 1.34. The molecule has 0 saturated carbocycles. The zero-order chi connectivity index (χ0) is 14.8. The van der Waals surface area contributed by atoms with E-state index in [1.165, 1.54) is 12.8 Å². The van der Waals surface area contributed by atoms with E-state index in [4.69, 9.17) is 4.74 Å². The van der Waals surface area contributed by atoms with Crippen LogP contribution in [-0.2, 0) is 11.3 Å². The second-order valence-electron chi connectivity index (χ2n) is 6.06. The molecule has 0 aromatic carbocycles. The van der Waals surface area contributed by atoms with E-state index in [1.54, 1.807) is 6.33 Å². The number of rotatable bonds is 4. The Morgan fingerprint density at radius 2 is 2.19 bits per heavy atom. The molecule has 3 heterocycles. The van der Waals surface area contributed by atoms with Gasteiger partial charge in [-0.2, -0.15) is 0 Å². The number of carbonyl (C=O) groups is 1. The van der Waals surface area contributed by atoms with Crippen LogP contribution in [0.4, 0.5) is 4.79 Å². The van der Waals surface area contributed by atoms with E-state index in [1.807, 2.05) is 6.92 Å². The van der Waals surface area contributed by atoms with Gasteiger partial charge in [-0.25, -0.2) is 9.78 Å². The second kappa shape index (κ2) is 6.05. The Kier molecular flexibility index (Phi) is 4.14. The fourth-order valence-corrected chi connectivity index (χ4v) is 3.71. The molecule has 21 heavy (non-hydrogen) atoms. The van der Waals surface area contributed by atoms with Crippen LogP contribution in [-0.4, -0.2) is 45.7 Å². The maximum Gasteiger partial charge on any atom is 0.407 e. The van der Waals surface area contributed by atoms with Crippen LogP contribution in [0.1, 0.15) is 44.0 Å². The monoisotopic (exact) mass is 292 g/mol. The number of amides is 1. The smallest absolute Gasteiger partial charge is 0.407 e. The quantitative estimate of drug-likeness (QED) is 0.890. The van der Waals surface area contributed by atoms with Gasteiger partial charge in [-0.3, -0.25) is 4.90 Å². The molecule has 2 aliphatic heterocycles. The van der Waals surface area contributed by atoms with Gasteiger partial charge >= 0.3 is 6.09 Å². The van der Waals surface area contributed by atoms with Crippen molar-refractivity contribution in [2.45, 2.75) is 64.2 Å². The molecule has 116 valence electrons. The molecule has 0 spiro atoms. The van der Waals surface area contributed by atoms with Gasteiger partial charge in [-0.15, -0.1) is 0 Å². The van der Waals surface area contributed by atoms with Crippen molar-refractivity contribution < 1.29 is 9.53 Å². The minimum absolute atomic E-state index is 0.248. The van der Waals surface area contributed by atoms with Crippen molar-refractivity contribution in [2.24, 2.45) is 0 Å². The molecule has 3 rings (SSSR count). The lowest BCUT2D eigenvalue weighted by Gasteiger charge is -2.38. The SMILES string of the molecule is CCOC(=O)NC1C[C@H]2CC[C@@H](C1)N2Cc1nc[nH]c1C. The van der Waals surface area contributed by atoms with Gasteiger partial charge in [-0.1, -0.05) is 0 Å². The van der Waals surface area contributed by atoms with E-state index < -0.39 is 0 Å². The van der Waals surface area contributed by atoms with E-state index >= 15 is 0 Å². The highest BCUT2D eigenvalue weighted by molar-refractivity contribution is 5.67. The molecule has 0 radical (unpaired) electrons. The summed E-state index contributed by atoms with van der Waals surface area (Å²) in [6.07, 6.45) is 5.95. The summed E-state index contributed by atoms with van der Waals surface area (Å²) in [4.78, 5) is 21.7. The lowest BCUT2D eigenvalue weighted by molar-refractivity contribution is 0.0982. The highest BCUT2D eigenvalue weighted by Gasteiger charge is 2.41. The number of nitrogens with one attached hydrogen (secondary N) is 2. The number of piperidine rings is 1. The number of fused-ring (bicyclic) bond motifs is 2. The van der Waals surface area contributed by atoms with Gasteiger partial charge in [0.25, 0.3) is 0 Å². The van der Waals surface area contributed by atoms with Crippen LogP contribution in [0.2, 0.25) is 0 Å². The number of H-pyrrole nitrogens is 1. The molecule has 3 atom stereocenters. The lowest BCUT2D eigenvalue weighted by Crippen LogP contribution is -2.50. The minimum atomic E-state index is -0.279. The van der Waals surface area contributed by atoms with Crippen molar-refractivity contribution in [1.82, 2.24) is 20.2 Å². The molecule has 0 aliphatic carbocycles. The number of aromatic amines is 1. The summed E-state index contributed by atoms with van der Waals surface area (Å²) in [6.45, 7) is 5.24. The fourth-order valence-electron chi connectivity index (χ4n) is 3.71. The number of aryl methyl sites for hydroxylation is 1. The van der Waals surface area contributed by atoms with Crippen molar-refractivity contribution in [3.8, 4) is 0 Å². The predicted octanol–water partition coefficient (Wildman–Crippen LogP) is 1.96. The van der Waals surface area contributed by atoms with Gasteiger partial charge in [-0.05, 0) is 39.5 Å². The molecule has 2 N–H and O–H groups in total. The number of alkyl carbamates (subject to hydrolysis) is 1. The lowest BCUT2D eigenvalue weighted by atomic mass is 9.97. The average molecular weight is 292 g/mol. The van der Waals surface area contributed by atoms with Gasteiger partial charge in [0.1, 0.15) is 0 Å². The van der Waals surface area contributed by atoms with Crippen LogP contribution in [0.25, 0.3) is 0 Å². The summed E-state index contributed by atoms with van der Waals surface area (Å²) >= 11 is 0. The van der Waals surface area contributed by atoms with Gasteiger partial charge in [0.2, 0.25) is 0 Å². The van der Waals surface area contributed by atoms with Gasteiger partial charge < -0.3 is 15.0 Å². The predicted molar refractivity (Wildman–Crippen MR) is 78.9 cm³/mol. The van der Waals surface area contributed by atoms with Gasteiger partial charge in [0, 0.05) is 30.4 Å². The Balaban J connectivity index is 1.59. The maximum absolute atomic E-state index is 11.6. The van der Waals surface area contributed by atoms with Crippen LogP contribution in [0.15, 0.2) is 6.33 Å². The number of aromatic nitrogens is 2. The van der Waals surface area contributed by atoms with Crippen molar-refractivity contribution >= 4 is 6.09 Å². The Hall–Kier alpha value is -1.56. The van der Waals surface area contributed by atoms with E-state index in [0.29, 0.717) is 18.7 Å². The average Bonchev–Trinajstić information content (AvgIpc) is 2.93. The van der Waals surface area contributed by atoms with Crippen LogP contribution in [0, 0.1) is 6.92 Å². The van der Waals surface area contributed by atoms with E-state index in [-0.39, 0.29) is 12.1 Å². The number of carbonyl (C=O) groups excluding carboxylic acids is 1. The number of imidazole rings is 1. The third-order valence-corrected chi connectivity index (χ3v) is 4.75. The molecular formula is C15H24N4O2. The maximum atomic E-state index is 11.6. The number of ether oxygens (including phenoxy) is 1. The summed E-state index contributed by atoms with van der Waals surface area (Å²) < 4.78 is 4.99. The highest BCUT2D eigenvalue weighted by Crippen LogP contribution is 2.36. The second-order valence-corrected chi connectivity index (χ2v) is 6.06. The molecule has 2 saturated heterocycles. The minimum Gasteiger partial charge on any atom is -0.450 e. The molecule has 1 unspecified atom stereocenters. The van der Waals surface area contributed by atoms with Crippen LogP contribution >= 0.6 is 0 Å². The van der Waals surface area contributed by atoms with Gasteiger partial charge in [0.05, 0.1) is 18.6 Å². The zero-order valence-electron chi connectivity index (χ0n) is 12.8. The Morgan fingerprint density at radius 3 is 2.76 bits per heavy atom. The third kappa shape index (κ3) is 3.05. The first-order valence-electron chi connectivity index (χ1n) is 7.85. The number of hydrogen-bond acceptors (Lipinski definition) is 4. The third-order valence-electron chi connectivity index (χ3n) is 4.75. The Bertz CT molecular complexity index is 488. The van der Waals surface area contributed by atoms with Crippen molar-refractivity contribution in [1.29, 1.82) is 0 Å². The van der Waals surface area contributed by atoms with E-state index in [2.05, 4.69) is 27.1 Å². The summed E-state index contributed by atoms with van der Waals surface area (Å²) in [5.74, 6) is 0. The molecule has 2 aliphatic rings. The van der Waals surface area contributed by atoms with E-state index in [9.17, 15) is 4.79 Å². The van der Waals surface area contributed by atoms with Crippen molar-refractivity contribution in [3.05, 3.63) is 17.7 Å². The summed E-state index contributed by atoms with van der Waals surface area (Å²) in [5.41, 5.74) is 2.30. The topological polar surface area (TPSA) is 70.2 Å². The fraction of sp³-hybridized carbons (Fsp3) is 0.733. The molecule has 6 nitrogen and oxygen atoms in total. The Labute approximate surface area is 125 Å². The number of nitrogens with zero attached hydrogens (tertiary/aromatic N) is 2. The number of hydrogen-bond donors (Lipinski definition) is 2. The molecule has 1 aromatic heterocycles. The summed E-state index contributed by atoms with van der Waals surface area (Å²) in [7, 11) is 0. The van der Waals surface area contributed by atoms with E-state index in [0.717, 1.165) is 30.8 Å². The highest BCUT2D eigenvalue weighted by atomic mass is 16.5. The van der Waals surface area contributed by atoms with Crippen LogP contribution < -0.4 is 5.32 Å². The summed E-state index contributed by atoms with van der Waals surface area (Å²) in [5, 5.41) is 3.00. The first-order chi connectivity index (χ1) is 10.2.